The zero-order valence-electron chi connectivity index (χ0n) is 9.02. The summed E-state index contributed by atoms with van der Waals surface area (Å²) in [7, 11) is 1.81. The molecule has 1 rings (SSSR count). The summed E-state index contributed by atoms with van der Waals surface area (Å²) in [5.41, 5.74) is 0.127. The minimum Gasteiger partial charge on any atom is -0.324 e. The minimum absolute atomic E-state index is 0.00743. The highest BCUT2D eigenvalue weighted by Gasteiger charge is 2.08. The molecule has 0 aliphatic heterocycles. The number of anilines is 1. The summed E-state index contributed by atoms with van der Waals surface area (Å²) in [6.45, 7) is 0.755. The topological polar surface area (TPSA) is 41.1 Å². The van der Waals surface area contributed by atoms with E-state index in [0.717, 1.165) is 6.54 Å². The molecule has 0 aliphatic carbocycles. The zero-order valence-corrected chi connectivity index (χ0v) is 9.77. The van der Waals surface area contributed by atoms with Crippen LogP contribution in [0.15, 0.2) is 18.2 Å². The molecule has 0 aromatic heterocycles. The first-order chi connectivity index (χ1) is 7.65. The second kappa shape index (κ2) is 6.45. The highest BCUT2D eigenvalue weighted by atomic mass is 35.5. The fourth-order valence-electron chi connectivity index (χ4n) is 1.24. The second-order valence-electron chi connectivity index (χ2n) is 3.36. The SMILES string of the molecule is CNCCCC(=O)Nc1cccc(Cl)c1F. The maximum atomic E-state index is 13.4. The summed E-state index contributed by atoms with van der Waals surface area (Å²) < 4.78 is 13.4. The van der Waals surface area contributed by atoms with Gasteiger partial charge in [0.05, 0.1) is 10.7 Å². The Morgan fingerprint density at radius 2 is 2.25 bits per heavy atom. The molecule has 1 aromatic rings. The molecule has 2 N–H and O–H groups in total. The fourth-order valence-corrected chi connectivity index (χ4v) is 1.41. The number of nitrogens with one attached hydrogen (secondary N) is 2. The van der Waals surface area contributed by atoms with Gasteiger partial charge < -0.3 is 10.6 Å². The van der Waals surface area contributed by atoms with Crippen LogP contribution in [0.4, 0.5) is 10.1 Å². The van der Waals surface area contributed by atoms with Crippen LogP contribution in [0.5, 0.6) is 0 Å². The van der Waals surface area contributed by atoms with Crippen LogP contribution in [0.25, 0.3) is 0 Å². The largest absolute Gasteiger partial charge is 0.324 e. The number of rotatable bonds is 5. The number of hydrogen-bond acceptors (Lipinski definition) is 2. The van der Waals surface area contributed by atoms with Crippen LogP contribution in [0, 0.1) is 5.82 Å². The minimum atomic E-state index is -0.592. The van der Waals surface area contributed by atoms with E-state index in [4.69, 9.17) is 11.6 Å². The average molecular weight is 245 g/mol. The molecular weight excluding hydrogens is 231 g/mol. The molecule has 0 unspecified atom stereocenters. The summed E-state index contributed by atoms with van der Waals surface area (Å²) in [6, 6.07) is 4.51. The lowest BCUT2D eigenvalue weighted by molar-refractivity contribution is -0.116. The first-order valence-corrected chi connectivity index (χ1v) is 5.41. The van der Waals surface area contributed by atoms with Gasteiger partial charge in [-0.1, -0.05) is 17.7 Å². The van der Waals surface area contributed by atoms with Gasteiger partial charge in [0, 0.05) is 6.42 Å². The van der Waals surface area contributed by atoms with Crippen molar-refractivity contribution in [3.8, 4) is 0 Å². The van der Waals surface area contributed by atoms with Crippen molar-refractivity contribution in [2.75, 3.05) is 18.9 Å². The first kappa shape index (κ1) is 12.9. The Morgan fingerprint density at radius 3 is 2.94 bits per heavy atom. The van der Waals surface area contributed by atoms with Gasteiger partial charge in [0.25, 0.3) is 0 Å². The van der Waals surface area contributed by atoms with Crippen LogP contribution in [0.2, 0.25) is 5.02 Å². The van der Waals surface area contributed by atoms with Crippen molar-refractivity contribution in [3.05, 3.63) is 29.0 Å². The lowest BCUT2D eigenvalue weighted by atomic mass is 10.2. The van der Waals surface area contributed by atoms with Crippen molar-refractivity contribution < 1.29 is 9.18 Å². The van der Waals surface area contributed by atoms with Crippen molar-refractivity contribution in [1.29, 1.82) is 0 Å². The molecule has 0 spiro atoms. The van der Waals surface area contributed by atoms with E-state index < -0.39 is 5.82 Å². The third-order valence-electron chi connectivity index (χ3n) is 2.06. The molecule has 0 atom stereocenters. The Bertz CT molecular complexity index is 371. The van der Waals surface area contributed by atoms with E-state index in [1.54, 1.807) is 6.07 Å². The van der Waals surface area contributed by atoms with E-state index in [2.05, 4.69) is 10.6 Å². The second-order valence-corrected chi connectivity index (χ2v) is 3.76. The third kappa shape index (κ3) is 3.79. The molecule has 1 amide bonds. The van der Waals surface area contributed by atoms with E-state index in [0.29, 0.717) is 12.8 Å². The Balaban J connectivity index is 2.53. The Morgan fingerprint density at radius 1 is 1.50 bits per heavy atom. The van der Waals surface area contributed by atoms with Crippen LogP contribution in [0.3, 0.4) is 0 Å². The van der Waals surface area contributed by atoms with Gasteiger partial charge in [-0.05, 0) is 32.1 Å². The van der Waals surface area contributed by atoms with Crippen LogP contribution >= 0.6 is 11.6 Å². The van der Waals surface area contributed by atoms with Gasteiger partial charge in [-0.15, -0.1) is 0 Å². The van der Waals surface area contributed by atoms with Crippen molar-refractivity contribution in [3.63, 3.8) is 0 Å². The van der Waals surface area contributed by atoms with Crippen LogP contribution in [-0.2, 0) is 4.79 Å². The summed E-state index contributed by atoms with van der Waals surface area (Å²) in [6.07, 6.45) is 1.07. The molecule has 0 saturated heterocycles. The molecule has 0 heterocycles. The van der Waals surface area contributed by atoms with E-state index in [1.807, 2.05) is 7.05 Å². The van der Waals surface area contributed by atoms with Gasteiger partial charge >= 0.3 is 0 Å². The highest BCUT2D eigenvalue weighted by Crippen LogP contribution is 2.21. The van der Waals surface area contributed by atoms with Gasteiger partial charge in [-0.3, -0.25) is 4.79 Å². The molecule has 3 nitrogen and oxygen atoms in total. The lowest BCUT2D eigenvalue weighted by Gasteiger charge is -2.06. The summed E-state index contributed by atoms with van der Waals surface area (Å²) >= 11 is 5.59. The predicted molar refractivity (Wildman–Crippen MR) is 63.2 cm³/mol. The quantitative estimate of drug-likeness (QED) is 0.781. The number of carbonyl (C=O) groups is 1. The third-order valence-corrected chi connectivity index (χ3v) is 2.35. The van der Waals surface area contributed by atoms with Gasteiger partial charge in [-0.25, -0.2) is 4.39 Å². The lowest BCUT2D eigenvalue weighted by Crippen LogP contribution is -2.15. The van der Waals surface area contributed by atoms with Crippen molar-refractivity contribution >= 4 is 23.2 Å². The Hall–Kier alpha value is -1.13. The van der Waals surface area contributed by atoms with Gasteiger partial charge in [-0.2, -0.15) is 0 Å². The average Bonchev–Trinajstić information content (AvgIpc) is 2.25. The van der Waals surface area contributed by atoms with Crippen LogP contribution in [0.1, 0.15) is 12.8 Å². The summed E-state index contributed by atoms with van der Waals surface area (Å²) in [5.74, 6) is -0.803. The molecule has 0 fully saturated rings. The van der Waals surface area contributed by atoms with E-state index in [1.165, 1.54) is 12.1 Å². The zero-order chi connectivity index (χ0) is 12.0. The smallest absolute Gasteiger partial charge is 0.224 e. The number of carbonyl (C=O) groups excluding carboxylic acids is 1. The molecule has 1 aromatic carbocycles. The highest BCUT2D eigenvalue weighted by molar-refractivity contribution is 6.31. The Labute approximate surface area is 99.0 Å². The normalized spacial score (nSPS) is 10.2. The summed E-state index contributed by atoms with van der Waals surface area (Å²) in [4.78, 5) is 11.4. The van der Waals surface area contributed by atoms with Gasteiger partial charge in [0.1, 0.15) is 0 Å². The molecule has 0 bridgehead atoms. The molecule has 0 saturated carbocycles. The number of hydrogen-bond donors (Lipinski definition) is 2. The maximum Gasteiger partial charge on any atom is 0.224 e. The number of halogens is 2. The van der Waals surface area contributed by atoms with E-state index in [9.17, 15) is 9.18 Å². The molecule has 0 radical (unpaired) electrons. The monoisotopic (exact) mass is 244 g/mol. The van der Waals surface area contributed by atoms with Crippen LogP contribution in [-0.4, -0.2) is 19.5 Å². The summed E-state index contributed by atoms with van der Waals surface area (Å²) in [5, 5.41) is 5.42. The number of benzene rings is 1. The molecule has 88 valence electrons. The van der Waals surface area contributed by atoms with Crippen molar-refractivity contribution in [1.82, 2.24) is 5.32 Å². The van der Waals surface area contributed by atoms with E-state index in [-0.39, 0.29) is 16.6 Å². The standard InChI is InChI=1S/C11H14ClFN2O/c1-14-7-3-6-10(16)15-9-5-2-4-8(12)11(9)13/h2,4-5,14H,3,6-7H2,1H3,(H,15,16). The van der Waals surface area contributed by atoms with E-state index >= 15 is 0 Å². The molecule has 0 aliphatic rings. The van der Waals surface area contributed by atoms with Gasteiger partial charge in [0.2, 0.25) is 5.91 Å². The van der Waals surface area contributed by atoms with Crippen molar-refractivity contribution in [2.45, 2.75) is 12.8 Å². The Kier molecular flexibility index (Phi) is 5.22. The number of amides is 1. The van der Waals surface area contributed by atoms with Crippen molar-refractivity contribution in [2.24, 2.45) is 0 Å². The predicted octanol–water partition coefficient (Wildman–Crippen LogP) is 2.42. The first-order valence-electron chi connectivity index (χ1n) is 5.03. The van der Waals surface area contributed by atoms with Crippen LogP contribution < -0.4 is 10.6 Å². The molecule has 16 heavy (non-hydrogen) atoms. The fraction of sp³-hybridized carbons (Fsp3) is 0.364. The molecular formula is C11H14ClFN2O. The molecule has 5 heteroatoms. The van der Waals surface area contributed by atoms with Gasteiger partial charge in [0.15, 0.2) is 5.82 Å². The maximum absolute atomic E-state index is 13.4.